The molecule has 0 fully saturated rings. The third-order valence-electron chi connectivity index (χ3n) is 3.79. The van der Waals surface area contributed by atoms with Crippen LogP contribution in [-0.4, -0.2) is 32.2 Å². The third kappa shape index (κ3) is 3.85. The predicted octanol–water partition coefficient (Wildman–Crippen LogP) is 3.22. The largest absolute Gasteiger partial charge is 0.489 e. The number of nitrogens with zero attached hydrogens (tertiary/aromatic N) is 4. The number of rotatable bonds is 7. The van der Waals surface area contributed by atoms with Crippen molar-refractivity contribution in [2.75, 3.05) is 11.9 Å². The Morgan fingerprint density at radius 2 is 2.20 bits per heavy atom. The summed E-state index contributed by atoms with van der Waals surface area (Å²) >= 11 is 0. The Morgan fingerprint density at radius 1 is 1.36 bits per heavy atom. The third-order valence-corrected chi connectivity index (χ3v) is 3.79. The molecule has 0 bridgehead atoms. The number of nitro groups is 1. The molecule has 1 N–H and O–H groups in total. The van der Waals surface area contributed by atoms with Crippen molar-refractivity contribution in [3.05, 3.63) is 58.3 Å². The Hall–Kier alpha value is -3.16. The Bertz CT molecular complexity index is 893. The molecule has 1 atom stereocenters. The van der Waals surface area contributed by atoms with Gasteiger partial charge in [0.05, 0.1) is 6.54 Å². The molecule has 0 aliphatic rings. The van der Waals surface area contributed by atoms with Gasteiger partial charge in [0.1, 0.15) is 18.1 Å². The van der Waals surface area contributed by atoms with E-state index in [-0.39, 0.29) is 11.9 Å². The Morgan fingerprint density at radius 3 is 2.92 bits per heavy atom. The van der Waals surface area contributed by atoms with Gasteiger partial charge < -0.3 is 20.2 Å². The van der Waals surface area contributed by atoms with Gasteiger partial charge in [0.25, 0.3) is 0 Å². The van der Waals surface area contributed by atoms with Crippen molar-refractivity contribution < 1.29 is 9.66 Å². The monoisotopic (exact) mass is 341 g/mol. The van der Waals surface area contributed by atoms with Crippen LogP contribution in [0, 0.1) is 17.0 Å². The van der Waals surface area contributed by atoms with Gasteiger partial charge in [-0.1, -0.05) is 28.7 Å². The summed E-state index contributed by atoms with van der Waals surface area (Å²) in [5.74, 6) is 1.18. The minimum Gasteiger partial charge on any atom is -0.489 e. The maximum atomic E-state index is 11.0. The molecule has 0 saturated carbocycles. The molecule has 2 heterocycles. The van der Waals surface area contributed by atoms with Crippen molar-refractivity contribution in [3.8, 4) is 5.75 Å². The van der Waals surface area contributed by atoms with Crippen LogP contribution in [0.3, 0.4) is 0 Å². The number of aryl methyl sites for hydroxylation is 1. The van der Waals surface area contributed by atoms with E-state index in [2.05, 4.69) is 15.4 Å². The second-order valence-electron chi connectivity index (χ2n) is 5.71. The minimum atomic E-state index is -0.507. The van der Waals surface area contributed by atoms with Crippen LogP contribution < -0.4 is 10.1 Å². The van der Waals surface area contributed by atoms with E-state index < -0.39 is 4.92 Å². The van der Waals surface area contributed by atoms with Crippen LogP contribution in [0.1, 0.15) is 18.9 Å². The Balaban J connectivity index is 1.70. The minimum absolute atomic E-state index is 0.0444. The van der Waals surface area contributed by atoms with E-state index in [0.29, 0.717) is 18.0 Å². The summed E-state index contributed by atoms with van der Waals surface area (Å²) < 4.78 is 7.20. The summed E-state index contributed by atoms with van der Waals surface area (Å²) in [6, 6.07) is 11.3. The lowest BCUT2D eigenvalue weighted by Gasteiger charge is -2.18. The Labute approximate surface area is 144 Å². The number of hydrogen-bond acceptors (Lipinski definition) is 6. The van der Waals surface area contributed by atoms with Crippen molar-refractivity contribution in [2.45, 2.75) is 26.4 Å². The predicted molar refractivity (Wildman–Crippen MR) is 94.0 cm³/mol. The van der Waals surface area contributed by atoms with Gasteiger partial charge in [-0.2, -0.15) is 0 Å². The quantitative estimate of drug-likeness (QED) is 0.524. The summed E-state index contributed by atoms with van der Waals surface area (Å²) in [7, 11) is 0. The van der Waals surface area contributed by atoms with Crippen molar-refractivity contribution >= 4 is 17.3 Å². The number of nitrogens with one attached hydrogen (secondary N) is 1. The lowest BCUT2D eigenvalue weighted by Crippen LogP contribution is -2.26. The average Bonchev–Trinajstić information content (AvgIpc) is 3.02. The molecule has 1 aromatic carbocycles. The first-order valence-corrected chi connectivity index (χ1v) is 8.03. The molecule has 0 saturated heterocycles. The summed E-state index contributed by atoms with van der Waals surface area (Å²) in [6.45, 7) is 4.59. The number of ether oxygens (including phenoxy) is 1. The number of fused-ring (bicyclic) bond motifs is 1. The molecule has 0 spiro atoms. The average molecular weight is 341 g/mol. The zero-order valence-electron chi connectivity index (χ0n) is 14.0. The fourth-order valence-corrected chi connectivity index (χ4v) is 2.45. The van der Waals surface area contributed by atoms with Gasteiger partial charge in [-0.3, -0.25) is 0 Å². The molecular weight excluding hydrogens is 322 g/mol. The second kappa shape index (κ2) is 7.16. The molecular formula is C17H19N5O3. The molecule has 25 heavy (non-hydrogen) atoms. The van der Waals surface area contributed by atoms with Crippen LogP contribution >= 0.6 is 0 Å². The summed E-state index contributed by atoms with van der Waals surface area (Å²) in [6.07, 6.45) is 1.97. The first kappa shape index (κ1) is 16.7. The zero-order chi connectivity index (χ0) is 17.8. The lowest BCUT2D eigenvalue weighted by atomic mass is 10.2. The number of benzene rings is 1. The fourth-order valence-electron chi connectivity index (χ4n) is 2.45. The van der Waals surface area contributed by atoms with Gasteiger partial charge in [0.15, 0.2) is 5.82 Å². The summed E-state index contributed by atoms with van der Waals surface area (Å²) in [5.41, 5.74) is 1.57. The second-order valence-corrected chi connectivity index (χ2v) is 5.71. The molecule has 2 aromatic heterocycles. The molecule has 8 nitrogen and oxygen atoms in total. The van der Waals surface area contributed by atoms with Crippen LogP contribution in [0.15, 0.2) is 42.6 Å². The highest BCUT2D eigenvalue weighted by Gasteiger charge is 2.16. The normalized spacial score (nSPS) is 12.1. The first-order valence-electron chi connectivity index (χ1n) is 8.03. The van der Waals surface area contributed by atoms with Crippen molar-refractivity contribution in [1.29, 1.82) is 0 Å². The first-order chi connectivity index (χ1) is 12.1. The maximum Gasteiger partial charge on any atom is 0.368 e. The summed E-state index contributed by atoms with van der Waals surface area (Å²) in [5, 5.41) is 18.4. The van der Waals surface area contributed by atoms with E-state index in [1.165, 1.54) is 10.7 Å². The van der Waals surface area contributed by atoms with Gasteiger partial charge in [0.2, 0.25) is 5.65 Å². The van der Waals surface area contributed by atoms with E-state index in [1.807, 2.05) is 38.1 Å². The highest BCUT2D eigenvalue weighted by Crippen LogP contribution is 2.17. The van der Waals surface area contributed by atoms with E-state index in [1.54, 1.807) is 12.1 Å². The Kier molecular flexibility index (Phi) is 4.78. The van der Waals surface area contributed by atoms with Gasteiger partial charge in [0, 0.05) is 6.07 Å². The van der Waals surface area contributed by atoms with E-state index >= 15 is 0 Å². The maximum absolute atomic E-state index is 11.0. The smallest absolute Gasteiger partial charge is 0.368 e. The van der Waals surface area contributed by atoms with Gasteiger partial charge in [-0.15, -0.1) is 0 Å². The number of hydrogen-bond donors (Lipinski definition) is 1. The van der Waals surface area contributed by atoms with Crippen LogP contribution in [0.2, 0.25) is 0 Å². The standard InChI is InChI=1S/C17H19N5O3/c1-3-13(25-14-6-4-5-12(2)9-14)10-18-15-7-8-16-19-11-17(22(23)24)21(16)20-15/h4-9,11,13H,3,10H2,1-2H3,(H,18,20). The van der Waals surface area contributed by atoms with Crippen LogP contribution in [0.4, 0.5) is 11.6 Å². The van der Waals surface area contributed by atoms with E-state index in [0.717, 1.165) is 17.7 Å². The highest BCUT2D eigenvalue weighted by molar-refractivity contribution is 5.48. The van der Waals surface area contributed by atoms with Crippen LogP contribution in [0.5, 0.6) is 5.75 Å². The highest BCUT2D eigenvalue weighted by atomic mass is 16.6. The van der Waals surface area contributed by atoms with Gasteiger partial charge in [-0.05, 0) is 42.0 Å². The molecule has 0 aliphatic carbocycles. The molecule has 0 radical (unpaired) electrons. The molecule has 0 aliphatic heterocycles. The fraction of sp³-hybridized carbons (Fsp3) is 0.294. The van der Waals surface area contributed by atoms with Crippen molar-refractivity contribution in [2.24, 2.45) is 0 Å². The van der Waals surface area contributed by atoms with Crippen molar-refractivity contribution in [3.63, 3.8) is 0 Å². The molecule has 3 aromatic rings. The molecule has 8 heteroatoms. The van der Waals surface area contributed by atoms with Gasteiger partial charge >= 0.3 is 5.82 Å². The van der Waals surface area contributed by atoms with Crippen LogP contribution in [-0.2, 0) is 0 Å². The zero-order valence-corrected chi connectivity index (χ0v) is 14.0. The lowest BCUT2D eigenvalue weighted by molar-refractivity contribution is -0.391. The number of anilines is 1. The number of imidazole rings is 1. The van der Waals surface area contributed by atoms with Crippen molar-refractivity contribution in [1.82, 2.24) is 14.6 Å². The van der Waals surface area contributed by atoms with Crippen LogP contribution in [0.25, 0.3) is 5.65 Å². The molecule has 1 unspecified atom stereocenters. The molecule has 0 amide bonds. The summed E-state index contributed by atoms with van der Waals surface area (Å²) in [4.78, 5) is 14.5. The van der Waals surface area contributed by atoms with E-state index in [4.69, 9.17) is 4.74 Å². The van der Waals surface area contributed by atoms with Gasteiger partial charge in [-0.25, -0.2) is 4.98 Å². The molecule has 3 rings (SSSR count). The SMILES string of the molecule is CCC(CNc1ccc2ncc([N+](=O)[O-])n2n1)Oc1cccc(C)c1. The topological polar surface area (TPSA) is 94.6 Å². The molecule has 130 valence electrons. The van der Waals surface area contributed by atoms with E-state index in [9.17, 15) is 10.1 Å². The number of aromatic nitrogens is 3.